The van der Waals surface area contributed by atoms with Gasteiger partial charge in [0.25, 0.3) is 10.0 Å². The highest BCUT2D eigenvalue weighted by atomic mass is 32.2. The number of aromatic nitrogens is 2. The maximum atomic E-state index is 12.0. The number of aromatic amines is 1. The smallest absolute Gasteiger partial charge is 0.353 e. The first-order valence-electron chi connectivity index (χ1n) is 5.32. The summed E-state index contributed by atoms with van der Waals surface area (Å²) in [5.41, 5.74) is -0.182. The highest BCUT2D eigenvalue weighted by Gasteiger charge is 2.19. The number of anilines is 1. The molecule has 3 N–H and O–H groups in total. The summed E-state index contributed by atoms with van der Waals surface area (Å²) in [7, 11) is -3.72. The van der Waals surface area contributed by atoms with Crippen LogP contribution in [-0.2, 0) is 16.4 Å². The minimum atomic E-state index is -3.72. The Bertz CT molecular complexity index is 702. The molecule has 0 aliphatic rings. The molecule has 0 saturated carbocycles. The van der Waals surface area contributed by atoms with Crippen molar-refractivity contribution in [1.82, 2.24) is 10.2 Å². The van der Waals surface area contributed by atoms with E-state index in [9.17, 15) is 13.2 Å². The number of hydrogen-bond acceptors (Lipinski definition) is 5. The molecule has 0 fully saturated rings. The normalized spacial score (nSPS) is 11.4. The number of carboxylic acids is 1. The number of nitrogens with zero attached hydrogens (tertiary/aromatic N) is 1. The third-order valence-electron chi connectivity index (χ3n) is 2.30. The SMILES string of the molecule is CCc1ccc(S(=O)(=O)Nc2cc(C(=O)O)[nH]n2)s1. The lowest BCUT2D eigenvalue weighted by Gasteiger charge is -2.01. The number of sulfonamides is 1. The molecular weight excluding hydrogens is 290 g/mol. The fourth-order valence-corrected chi connectivity index (χ4v) is 3.65. The molecule has 2 rings (SSSR count). The van der Waals surface area contributed by atoms with Crippen molar-refractivity contribution in [1.29, 1.82) is 0 Å². The van der Waals surface area contributed by atoms with Crippen LogP contribution in [0.1, 0.15) is 22.3 Å². The van der Waals surface area contributed by atoms with Crippen LogP contribution in [0.3, 0.4) is 0 Å². The number of nitrogens with one attached hydrogen (secondary N) is 2. The lowest BCUT2D eigenvalue weighted by atomic mass is 10.4. The van der Waals surface area contributed by atoms with Crippen LogP contribution in [0.15, 0.2) is 22.4 Å². The average molecular weight is 301 g/mol. The summed E-state index contributed by atoms with van der Waals surface area (Å²) in [5.74, 6) is -1.26. The van der Waals surface area contributed by atoms with Crippen molar-refractivity contribution >= 4 is 33.1 Å². The maximum Gasteiger partial charge on any atom is 0.353 e. The van der Waals surface area contributed by atoms with Gasteiger partial charge in [-0.25, -0.2) is 13.2 Å². The number of carboxylic acid groups (broad SMARTS) is 1. The van der Waals surface area contributed by atoms with E-state index >= 15 is 0 Å². The average Bonchev–Trinajstić information content (AvgIpc) is 2.96. The minimum Gasteiger partial charge on any atom is -0.477 e. The van der Waals surface area contributed by atoms with Crippen LogP contribution < -0.4 is 4.72 Å². The topological polar surface area (TPSA) is 112 Å². The zero-order valence-electron chi connectivity index (χ0n) is 9.87. The molecule has 19 heavy (non-hydrogen) atoms. The first-order valence-corrected chi connectivity index (χ1v) is 7.62. The molecule has 0 radical (unpaired) electrons. The molecule has 0 unspecified atom stereocenters. The molecule has 0 atom stereocenters. The Morgan fingerprint density at radius 1 is 1.53 bits per heavy atom. The molecule has 2 aromatic rings. The van der Waals surface area contributed by atoms with E-state index in [1.807, 2.05) is 6.92 Å². The van der Waals surface area contributed by atoms with Crippen molar-refractivity contribution in [3.8, 4) is 0 Å². The highest BCUT2D eigenvalue weighted by Crippen LogP contribution is 2.23. The van der Waals surface area contributed by atoms with Gasteiger partial charge in [0, 0.05) is 10.9 Å². The van der Waals surface area contributed by atoms with E-state index in [2.05, 4.69) is 14.9 Å². The van der Waals surface area contributed by atoms with Gasteiger partial charge >= 0.3 is 5.97 Å². The van der Waals surface area contributed by atoms with Crippen molar-refractivity contribution in [3.05, 3.63) is 28.8 Å². The van der Waals surface area contributed by atoms with E-state index in [1.54, 1.807) is 6.07 Å². The van der Waals surface area contributed by atoms with Crippen LogP contribution in [0.5, 0.6) is 0 Å². The van der Waals surface area contributed by atoms with Crippen LogP contribution in [0.4, 0.5) is 5.82 Å². The zero-order valence-corrected chi connectivity index (χ0v) is 11.5. The third kappa shape index (κ3) is 2.93. The predicted octanol–water partition coefficient (Wildman–Crippen LogP) is 1.53. The Hall–Kier alpha value is -1.87. The van der Waals surface area contributed by atoms with Gasteiger partial charge in [0.15, 0.2) is 5.82 Å². The van der Waals surface area contributed by atoms with Crippen LogP contribution in [0.2, 0.25) is 0 Å². The molecule has 0 aliphatic carbocycles. The lowest BCUT2D eigenvalue weighted by molar-refractivity contribution is 0.0690. The van der Waals surface area contributed by atoms with Crippen LogP contribution in [0.25, 0.3) is 0 Å². The van der Waals surface area contributed by atoms with Gasteiger partial charge in [-0.05, 0) is 18.6 Å². The Morgan fingerprint density at radius 3 is 2.79 bits per heavy atom. The fraction of sp³-hybridized carbons (Fsp3) is 0.200. The minimum absolute atomic E-state index is 0.0520. The van der Waals surface area contributed by atoms with Gasteiger partial charge in [-0.1, -0.05) is 6.92 Å². The molecule has 102 valence electrons. The lowest BCUT2D eigenvalue weighted by Crippen LogP contribution is -2.11. The maximum absolute atomic E-state index is 12.0. The van der Waals surface area contributed by atoms with Crippen molar-refractivity contribution in [2.45, 2.75) is 17.6 Å². The number of H-pyrrole nitrogens is 1. The molecule has 9 heteroatoms. The molecule has 0 bridgehead atoms. The molecular formula is C10H11N3O4S2. The van der Waals surface area contributed by atoms with Crippen LogP contribution in [0, 0.1) is 0 Å². The zero-order chi connectivity index (χ0) is 14.0. The Morgan fingerprint density at radius 2 is 2.26 bits per heavy atom. The molecule has 2 aromatic heterocycles. The second kappa shape index (κ2) is 5.02. The molecule has 0 aromatic carbocycles. The van der Waals surface area contributed by atoms with E-state index < -0.39 is 16.0 Å². The summed E-state index contributed by atoms with van der Waals surface area (Å²) in [5, 5.41) is 14.5. The quantitative estimate of drug-likeness (QED) is 0.775. The van der Waals surface area contributed by atoms with Crippen molar-refractivity contribution in [2.75, 3.05) is 4.72 Å². The van der Waals surface area contributed by atoms with E-state index in [4.69, 9.17) is 5.11 Å². The Balaban J connectivity index is 2.23. The van der Waals surface area contributed by atoms with Gasteiger partial charge in [0.05, 0.1) is 0 Å². The molecule has 0 spiro atoms. The number of aryl methyl sites for hydroxylation is 1. The predicted molar refractivity (Wildman–Crippen MR) is 70.1 cm³/mol. The van der Waals surface area contributed by atoms with Crippen molar-refractivity contribution in [2.24, 2.45) is 0 Å². The number of carbonyl (C=O) groups is 1. The van der Waals surface area contributed by atoms with Crippen LogP contribution in [-0.4, -0.2) is 29.7 Å². The van der Waals surface area contributed by atoms with E-state index in [1.165, 1.54) is 17.4 Å². The third-order valence-corrected chi connectivity index (χ3v) is 5.37. The summed E-state index contributed by atoms with van der Waals surface area (Å²) < 4.78 is 26.4. The molecule has 2 heterocycles. The van der Waals surface area contributed by atoms with Gasteiger partial charge in [-0.2, -0.15) is 5.10 Å². The summed E-state index contributed by atoms with van der Waals surface area (Å²) in [4.78, 5) is 11.6. The summed E-state index contributed by atoms with van der Waals surface area (Å²) in [6.07, 6.45) is 0.756. The molecule has 0 aliphatic heterocycles. The largest absolute Gasteiger partial charge is 0.477 e. The van der Waals surface area contributed by atoms with E-state index in [0.29, 0.717) is 0 Å². The number of hydrogen-bond donors (Lipinski definition) is 3. The number of aromatic carboxylic acids is 1. The summed E-state index contributed by atoms with van der Waals surface area (Å²) in [6, 6.07) is 4.37. The first kappa shape index (κ1) is 13.6. The molecule has 7 nitrogen and oxygen atoms in total. The van der Waals surface area contributed by atoms with Crippen LogP contribution >= 0.6 is 11.3 Å². The van der Waals surface area contributed by atoms with Gasteiger partial charge in [0.2, 0.25) is 0 Å². The van der Waals surface area contributed by atoms with Gasteiger partial charge < -0.3 is 5.11 Å². The van der Waals surface area contributed by atoms with Crippen molar-refractivity contribution in [3.63, 3.8) is 0 Å². The van der Waals surface area contributed by atoms with Gasteiger partial charge in [-0.3, -0.25) is 9.82 Å². The van der Waals surface area contributed by atoms with E-state index in [-0.39, 0.29) is 15.7 Å². The number of thiophene rings is 1. The summed E-state index contributed by atoms with van der Waals surface area (Å²) >= 11 is 1.17. The standard InChI is InChI=1S/C10H11N3O4S2/c1-2-6-3-4-9(18-6)19(16,17)13-8-5-7(10(14)15)11-12-8/h3-5H,2H2,1H3,(H,14,15)(H2,11,12,13). The second-order valence-corrected chi connectivity index (χ2v) is 6.73. The van der Waals surface area contributed by atoms with E-state index in [0.717, 1.165) is 17.4 Å². The monoisotopic (exact) mass is 301 g/mol. The van der Waals surface area contributed by atoms with Gasteiger partial charge in [0.1, 0.15) is 9.90 Å². The Labute approximate surface area is 113 Å². The van der Waals surface area contributed by atoms with Crippen molar-refractivity contribution < 1.29 is 18.3 Å². The summed E-state index contributed by atoms with van der Waals surface area (Å²) in [6.45, 7) is 1.93. The highest BCUT2D eigenvalue weighted by molar-refractivity contribution is 7.94. The molecule has 0 amide bonds. The fourth-order valence-electron chi connectivity index (χ4n) is 1.36. The Kier molecular flexibility index (Phi) is 3.58. The molecule has 0 saturated heterocycles. The number of rotatable bonds is 5. The first-order chi connectivity index (χ1) is 8.92. The second-order valence-electron chi connectivity index (χ2n) is 3.65. The van der Waals surface area contributed by atoms with Gasteiger partial charge in [-0.15, -0.1) is 11.3 Å².